The van der Waals surface area contributed by atoms with Gasteiger partial charge in [-0.3, -0.25) is 4.79 Å². The number of nitrogens with one attached hydrogen (secondary N) is 2. The van der Waals surface area contributed by atoms with E-state index < -0.39 is 30.1 Å². The largest absolute Gasteiger partial charge is 0.480 e. The molecule has 2 unspecified atom stereocenters. The van der Waals surface area contributed by atoms with Crippen molar-refractivity contribution in [1.82, 2.24) is 10.6 Å². The summed E-state index contributed by atoms with van der Waals surface area (Å²) in [5, 5.41) is 14.0. The van der Waals surface area contributed by atoms with E-state index in [4.69, 9.17) is 21.0 Å². The number of terminal acetylenes is 1. The zero-order valence-corrected chi connectivity index (χ0v) is 18.2. The zero-order chi connectivity index (χ0) is 23.8. The summed E-state index contributed by atoms with van der Waals surface area (Å²) >= 11 is 0. The monoisotopic (exact) mass is 450 g/mol. The Balaban J connectivity index is 1.50. The molecule has 0 bridgehead atoms. The van der Waals surface area contributed by atoms with Crippen molar-refractivity contribution in [3.63, 3.8) is 0 Å². The fourth-order valence-electron chi connectivity index (χ4n) is 3.86. The zero-order valence-electron chi connectivity index (χ0n) is 18.2. The number of alkyl carbamates (subject to hydrolysis) is 1. The van der Waals surface area contributed by atoms with Gasteiger partial charge in [0.1, 0.15) is 12.6 Å². The third-order valence-corrected chi connectivity index (χ3v) is 5.52. The van der Waals surface area contributed by atoms with Gasteiger partial charge >= 0.3 is 12.1 Å². The summed E-state index contributed by atoms with van der Waals surface area (Å²) in [7, 11) is 1.40. The van der Waals surface area contributed by atoms with Gasteiger partial charge in [-0.2, -0.15) is 0 Å². The van der Waals surface area contributed by atoms with Crippen molar-refractivity contribution in [2.45, 2.75) is 30.9 Å². The molecule has 1 aliphatic rings. The van der Waals surface area contributed by atoms with E-state index in [2.05, 4.69) is 28.7 Å². The minimum Gasteiger partial charge on any atom is -0.480 e. The first kappa shape index (κ1) is 23.8. The number of hydrogen-bond donors (Lipinski definition) is 3. The van der Waals surface area contributed by atoms with Crippen LogP contribution >= 0.6 is 0 Å². The van der Waals surface area contributed by atoms with Gasteiger partial charge < -0.3 is 25.2 Å². The maximum atomic E-state index is 12.3. The number of fused-ring (bicyclic) bond motifs is 3. The number of benzene rings is 2. The molecule has 2 atom stereocenters. The Morgan fingerprint density at radius 1 is 1.09 bits per heavy atom. The Morgan fingerprint density at radius 2 is 1.70 bits per heavy atom. The second-order valence-electron chi connectivity index (χ2n) is 7.63. The summed E-state index contributed by atoms with van der Waals surface area (Å²) in [5.74, 6) is 0.394. The molecule has 0 saturated carbocycles. The van der Waals surface area contributed by atoms with E-state index in [1.807, 2.05) is 36.4 Å². The van der Waals surface area contributed by atoms with Crippen molar-refractivity contribution in [1.29, 1.82) is 0 Å². The second kappa shape index (κ2) is 11.2. The molecule has 2 aromatic carbocycles. The number of ether oxygens (including phenoxy) is 2. The van der Waals surface area contributed by atoms with Crippen molar-refractivity contribution < 1.29 is 29.0 Å². The Morgan fingerprint density at radius 3 is 2.24 bits per heavy atom. The normalized spacial score (nSPS) is 13.7. The van der Waals surface area contributed by atoms with E-state index in [0.717, 1.165) is 22.3 Å². The molecule has 0 aliphatic heterocycles. The lowest BCUT2D eigenvalue weighted by molar-refractivity contribution is -0.142. The van der Waals surface area contributed by atoms with Crippen LogP contribution in [0.15, 0.2) is 48.5 Å². The summed E-state index contributed by atoms with van der Waals surface area (Å²) in [6, 6.07) is 14.9. The maximum Gasteiger partial charge on any atom is 0.407 e. The summed E-state index contributed by atoms with van der Waals surface area (Å²) < 4.78 is 10.7. The maximum absolute atomic E-state index is 12.3. The molecule has 0 spiro atoms. The van der Waals surface area contributed by atoms with Gasteiger partial charge in [-0.25, -0.2) is 9.59 Å². The Hall–Kier alpha value is -3.83. The van der Waals surface area contributed by atoms with Crippen molar-refractivity contribution in [3.05, 3.63) is 59.7 Å². The highest BCUT2D eigenvalue weighted by Crippen LogP contribution is 2.44. The summed E-state index contributed by atoms with van der Waals surface area (Å²) in [5.41, 5.74) is 4.49. The SMILES string of the molecule is C#CCC(NC(=O)CC(CNC(=O)OCC1c2ccccc2-c2ccccc21)OC)C(=O)O. The predicted molar refractivity (Wildman–Crippen MR) is 122 cm³/mol. The van der Waals surface area contributed by atoms with Crippen molar-refractivity contribution in [3.8, 4) is 23.5 Å². The standard InChI is InChI=1S/C25H26N2O6/c1-3-8-22(24(29)30)27-23(28)13-16(32-2)14-26-25(31)33-15-21-19-11-6-4-9-17(19)18-10-5-7-12-20(18)21/h1,4-7,9-12,16,21-22H,8,13-15H2,2H3,(H,26,31)(H,27,28)(H,29,30). The topological polar surface area (TPSA) is 114 Å². The average Bonchev–Trinajstić information content (AvgIpc) is 3.13. The van der Waals surface area contributed by atoms with E-state index >= 15 is 0 Å². The summed E-state index contributed by atoms with van der Waals surface area (Å²) in [6.45, 7) is 0.192. The van der Waals surface area contributed by atoms with Crippen LogP contribution in [-0.2, 0) is 19.1 Å². The molecule has 1 aliphatic carbocycles. The number of aliphatic carboxylic acids is 1. The average molecular weight is 450 g/mol. The molecule has 0 heterocycles. The molecule has 2 amide bonds. The molecule has 3 rings (SSSR count). The van der Waals surface area contributed by atoms with Gasteiger partial charge in [0.15, 0.2) is 0 Å². The van der Waals surface area contributed by atoms with Crippen LogP contribution in [-0.4, -0.2) is 55.5 Å². The van der Waals surface area contributed by atoms with E-state index in [9.17, 15) is 14.4 Å². The molecule has 3 N–H and O–H groups in total. The molecular formula is C25H26N2O6. The van der Waals surface area contributed by atoms with E-state index in [1.54, 1.807) is 0 Å². The summed E-state index contributed by atoms with van der Waals surface area (Å²) in [6.07, 6.45) is 3.56. The smallest absolute Gasteiger partial charge is 0.407 e. The minimum atomic E-state index is -1.22. The molecule has 172 valence electrons. The number of rotatable bonds is 10. The molecule has 2 aromatic rings. The van der Waals surface area contributed by atoms with Crippen LogP contribution in [0.4, 0.5) is 4.79 Å². The van der Waals surface area contributed by atoms with Crippen LogP contribution in [0.1, 0.15) is 29.9 Å². The fraction of sp³-hybridized carbons (Fsp3) is 0.320. The highest BCUT2D eigenvalue weighted by molar-refractivity contribution is 5.84. The van der Waals surface area contributed by atoms with Crippen LogP contribution in [0, 0.1) is 12.3 Å². The van der Waals surface area contributed by atoms with Crippen LogP contribution in [0.25, 0.3) is 11.1 Å². The molecule has 0 saturated heterocycles. The first-order valence-electron chi connectivity index (χ1n) is 10.5. The number of amides is 2. The van der Waals surface area contributed by atoms with Gasteiger partial charge in [-0.15, -0.1) is 12.3 Å². The first-order chi connectivity index (χ1) is 15.9. The first-order valence-corrected chi connectivity index (χ1v) is 10.5. The van der Waals surface area contributed by atoms with Crippen molar-refractivity contribution in [2.75, 3.05) is 20.3 Å². The number of hydrogen-bond acceptors (Lipinski definition) is 5. The van der Waals surface area contributed by atoms with Crippen molar-refractivity contribution >= 4 is 18.0 Å². The van der Waals surface area contributed by atoms with E-state index in [-0.39, 0.29) is 31.9 Å². The van der Waals surface area contributed by atoms with Crippen LogP contribution in [0.5, 0.6) is 0 Å². The lowest BCUT2D eigenvalue weighted by Gasteiger charge is -2.18. The molecular weight excluding hydrogens is 424 g/mol. The molecule has 8 nitrogen and oxygen atoms in total. The van der Waals surface area contributed by atoms with Gasteiger partial charge in [0.25, 0.3) is 0 Å². The van der Waals surface area contributed by atoms with Gasteiger partial charge in [-0.1, -0.05) is 48.5 Å². The number of carboxylic acid groups (broad SMARTS) is 1. The third kappa shape index (κ3) is 5.90. The number of carbonyl (C=O) groups excluding carboxylic acids is 2. The third-order valence-electron chi connectivity index (χ3n) is 5.52. The van der Waals surface area contributed by atoms with Crippen LogP contribution in [0.2, 0.25) is 0 Å². The second-order valence-corrected chi connectivity index (χ2v) is 7.63. The Labute approximate surface area is 192 Å². The lowest BCUT2D eigenvalue weighted by atomic mass is 9.98. The van der Waals surface area contributed by atoms with Crippen LogP contribution in [0.3, 0.4) is 0 Å². The van der Waals surface area contributed by atoms with Crippen molar-refractivity contribution in [2.24, 2.45) is 0 Å². The Kier molecular flexibility index (Phi) is 8.06. The minimum absolute atomic E-state index is 0.0213. The highest BCUT2D eigenvalue weighted by Gasteiger charge is 2.29. The van der Waals surface area contributed by atoms with Gasteiger partial charge in [-0.05, 0) is 22.3 Å². The molecule has 0 aromatic heterocycles. The van der Waals surface area contributed by atoms with E-state index in [0.29, 0.717) is 0 Å². The van der Waals surface area contributed by atoms with Gasteiger partial charge in [0.05, 0.1) is 12.5 Å². The quantitative estimate of drug-likeness (QED) is 0.480. The van der Waals surface area contributed by atoms with Gasteiger partial charge in [0, 0.05) is 26.0 Å². The molecule has 8 heteroatoms. The highest BCUT2D eigenvalue weighted by atomic mass is 16.5. The Bertz CT molecular complexity index is 1020. The lowest BCUT2D eigenvalue weighted by Crippen LogP contribution is -2.43. The molecule has 0 fully saturated rings. The summed E-state index contributed by atoms with van der Waals surface area (Å²) in [4.78, 5) is 35.5. The van der Waals surface area contributed by atoms with Gasteiger partial charge in [0.2, 0.25) is 5.91 Å². The number of carbonyl (C=O) groups is 3. The van der Waals surface area contributed by atoms with E-state index in [1.165, 1.54) is 7.11 Å². The van der Waals surface area contributed by atoms with Crippen LogP contribution < -0.4 is 10.6 Å². The number of methoxy groups -OCH3 is 1. The number of carboxylic acids is 1. The predicted octanol–water partition coefficient (Wildman–Crippen LogP) is 2.52. The fourth-order valence-corrected chi connectivity index (χ4v) is 3.86. The molecule has 0 radical (unpaired) electrons. The molecule has 33 heavy (non-hydrogen) atoms.